The molecular formula is C18H11BrIN5O. The smallest absolute Gasteiger partial charge is 0.270 e. The molecule has 3 rings (SSSR count). The van der Waals surface area contributed by atoms with Crippen molar-refractivity contribution in [1.29, 1.82) is 5.26 Å². The standard InChI is InChI=1S/C18H11BrIN5O/c19-14-8-11(6-7-15(14)20)10-22-25-18-23-16(12-4-2-1-3-5-12)13(9-21)17(26)24-18/h1-8,10H,(H2,23,24,25,26). The first-order valence-electron chi connectivity index (χ1n) is 7.42. The molecule has 26 heavy (non-hydrogen) atoms. The predicted octanol–water partition coefficient (Wildman–Crippen LogP) is 4.12. The molecule has 1 heterocycles. The van der Waals surface area contributed by atoms with Crippen molar-refractivity contribution in [2.24, 2.45) is 5.10 Å². The van der Waals surface area contributed by atoms with Crippen molar-refractivity contribution >= 4 is 50.7 Å². The summed E-state index contributed by atoms with van der Waals surface area (Å²) < 4.78 is 2.07. The molecule has 0 aliphatic rings. The lowest BCUT2D eigenvalue weighted by Crippen LogP contribution is -2.16. The van der Waals surface area contributed by atoms with Gasteiger partial charge in [0.2, 0.25) is 5.95 Å². The number of aromatic amines is 1. The van der Waals surface area contributed by atoms with Gasteiger partial charge in [-0.3, -0.25) is 9.78 Å². The molecule has 3 aromatic rings. The van der Waals surface area contributed by atoms with Crippen LogP contribution < -0.4 is 11.0 Å². The average molecular weight is 520 g/mol. The van der Waals surface area contributed by atoms with Gasteiger partial charge < -0.3 is 0 Å². The Morgan fingerprint density at radius 1 is 1.27 bits per heavy atom. The van der Waals surface area contributed by atoms with E-state index in [0.29, 0.717) is 11.3 Å². The number of nitrogens with zero attached hydrogens (tertiary/aromatic N) is 3. The van der Waals surface area contributed by atoms with Gasteiger partial charge in [-0.05, 0) is 56.2 Å². The molecular weight excluding hydrogens is 509 g/mol. The highest BCUT2D eigenvalue weighted by atomic mass is 127. The summed E-state index contributed by atoms with van der Waals surface area (Å²) >= 11 is 5.69. The van der Waals surface area contributed by atoms with E-state index in [-0.39, 0.29) is 11.5 Å². The minimum Gasteiger partial charge on any atom is -0.290 e. The molecule has 6 nitrogen and oxygen atoms in total. The summed E-state index contributed by atoms with van der Waals surface area (Å²) in [5.74, 6) is 0.161. The summed E-state index contributed by atoms with van der Waals surface area (Å²) in [6.45, 7) is 0. The van der Waals surface area contributed by atoms with Crippen LogP contribution in [0.25, 0.3) is 11.3 Å². The van der Waals surface area contributed by atoms with Gasteiger partial charge in [-0.1, -0.05) is 36.4 Å². The fourth-order valence-electron chi connectivity index (χ4n) is 2.20. The van der Waals surface area contributed by atoms with Gasteiger partial charge in [0.25, 0.3) is 5.56 Å². The van der Waals surface area contributed by atoms with Crippen LogP contribution in [-0.4, -0.2) is 16.2 Å². The van der Waals surface area contributed by atoms with E-state index in [1.54, 1.807) is 18.3 Å². The number of hydrogen-bond acceptors (Lipinski definition) is 5. The quantitative estimate of drug-likeness (QED) is 0.308. The maximum Gasteiger partial charge on any atom is 0.270 e. The van der Waals surface area contributed by atoms with Crippen molar-refractivity contribution in [3.63, 3.8) is 0 Å². The van der Waals surface area contributed by atoms with Crippen LogP contribution in [-0.2, 0) is 0 Å². The van der Waals surface area contributed by atoms with Gasteiger partial charge in [0.15, 0.2) is 0 Å². The highest BCUT2D eigenvalue weighted by molar-refractivity contribution is 14.1. The molecule has 2 aromatic carbocycles. The van der Waals surface area contributed by atoms with Crippen molar-refractivity contribution < 1.29 is 0 Å². The summed E-state index contributed by atoms with van der Waals surface area (Å²) in [5, 5.41) is 13.4. The highest BCUT2D eigenvalue weighted by Crippen LogP contribution is 2.20. The second-order valence-corrected chi connectivity index (χ2v) is 7.18. The number of aromatic nitrogens is 2. The number of nitriles is 1. The summed E-state index contributed by atoms with van der Waals surface area (Å²) in [6.07, 6.45) is 1.61. The van der Waals surface area contributed by atoms with Crippen molar-refractivity contribution in [3.8, 4) is 17.3 Å². The molecule has 0 saturated carbocycles. The Bertz CT molecular complexity index is 1070. The number of nitrogens with one attached hydrogen (secondary N) is 2. The Kier molecular flexibility index (Phi) is 5.80. The lowest BCUT2D eigenvalue weighted by Gasteiger charge is -2.06. The van der Waals surface area contributed by atoms with E-state index in [1.165, 1.54) is 0 Å². The van der Waals surface area contributed by atoms with Crippen LogP contribution in [0.4, 0.5) is 5.95 Å². The van der Waals surface area contributed by atoms with Crippen LogP contribution in [0.2, 0.25) is 0 Å². The topological polar surface area (TPSA) is 93.9 Å². The van der Waals surface area contributed by atoms with Crippen LogP contribution in [0.1, 0.15) is 11.1 Å². The molecule has 0 amide bonds. The van der Waals surface area contributed by atoms with Crippen LogP contribution in [0.15, 0.2) is 62.9 Å². The monoisotopic (exact) mass is 519 g/mol. The number of rotatable bonds is 4. The third kappa shape index (κ3) is 4.17. The van der Waals surface area contributed by atoms with E-state index >= 15 is 0 Å². The van der Waals surface area contributed by atoms with E-state index in [9.17, 15) is 10.1 Å². The predicted molar refractivity (Wildman–Crippen MR) is 113 cm³/mol. The van der Waals surface area contributed by atoms with E-state index in [2.05, 4.69) is 59.0 Å². The molecule has 0 fully saturated rings. The third-order valence-corrected chi connectivity index (χ3v) is 5.74. The van der Waals surface area contributed by atoms with Crippen LogP contribution in [0, 0.1) is 14.9 Å². The van der Waals surface area contributed by atoms with Crippen molar-refractivity contribution in [2.75, 3.05) is 5.43 Å². The van der Waals surface area contributed by atoms with Gasteiger partial charge >= 0.3 is 0 Å². The maximum atomic E-state index is 12.2. The first-order valence-corrected chi connectivity index (χ1v) is 9.29. The van der Waals surface area contributed by atoms with Crippen molar-refractivity contribution in [1.82, 2.24) is 9.97 Å². The number of H-pyrrole nitrogens is 1. The number of hydrazone groups is 1. The zero-order valence-corrected chi connectivity index (χ0v) is 16.9. The van der Waals surface area contributed by atoms with Gasteiger partial charge in [-0.15, -0.1) is 0 Å². The first-order chi connectivity index (χ1) is 12.6. The molecule has 0 atom stereocenters. The molecule has 0 bridgehead atoms. The Labute approximate surface area is 171 Å². The molecule has 0 aliphatic heterocycles. The molecule has 8 heteroatoms. The third-order valence-electron chi connectivity index (χ3n) is 3.41. The van der Waals surface area contributed by atoms with Crippen molar-refractivity contribution in [3.05, 3.63) is 78.1 Å². The van der Waals surface area contributed by atoms with Gasteiger partial charge in [-0.2, -0.15) is 10.4 Å². The molecule has 0 unspecified atom stereocenters. The minimum absolute atomic E-state index is 0.0349. The minimum atomic E-state index is -0.518. The van der Waals surface area contributed by atoms with E-state index < -0.39 is 5.56 Å². The molecule has 2 N–H and O–H groups in total. The maximum absolute atomic E-state index is 12.2. The second-order valence-electron chi connectivity index (χ2n) is 5.16. The van der Waals surface area contributed by atoms with Crippen molar-refractivity contribution in [2.45, 2.75) is 0 Å². The molecule has 1 aromatic heterocycles. The number of anilines is 1. The summed E-state index contributed by atoms with van der Waals surface area (Å²) in [7, 11) is 0. The van der Waals surface area contributed by atoms with Gasteiger partial charge in [0.05, 0.1) is 11.9 Å². The van der Waals surface area contributed by atoms with Gasteiger partial charge in [-0.25, -0.2) is 10.4 Å². The number of hydrogen-bond donors (Lipinski definition) is 2. The summed E-state index contributed by atoms with van der Waals surface area (Å²) in [5.41, 5.74) is 4.03. The Morgan fingerprint density at radius 3 is 2.73 bits per heavy atom. The lowest BCUT2D eigenvalue weighted by molar-refractivity contribution is 1.08. The molecule has 0 spiro atoms. The number of halogens is 2. The SMILES string of the molecule is N#Cc1c(-c2ccccc2)nc(NN=Cc2ccc(I)c(Br)c2)[nH]c1=O. The average Bonchev–Trinajstić information content (AvgIpc) is 2.65. The molecule has 0 radical (unpaired) electrons. The zero-order chi connectivity index (χ0) is 18.5. The normalized spacial score (nSPS) is 10.7. The van der Waals surface area contributed by atoms with Crippen LogP contribution >= 0.6 is 38.5 Å². The zero-order valence-electron chi connectivity index (χ0n) is 13.2. The Hall–Kier alpha value is -2.51. The molecule has 0 aliphatic carbocycles. The summed E-state index contributed by atoms with van der Waals surface area (Å²) in [6, 6.07) is 16.8. The molecule has 0 saturated heterocycles. The fourth-order valence-corrected chi connectivity index (χ4v) is 2.93. The van der Waals surface area contributed by atoms with E-state index in [4.69, 9.17) is 0 Å². The largest absolute Gasteiger partial charge is 0.290 e. The lowest BCUT2D eigenvalue weighted by atomic mass is 10.1. The van der Waals surface area contributed by atoms with E-state index in [1.807, 2.05) is 42.5 Å². The second kappa shape index (κ2) is 8.25. The van der Waals surface area contributed by atoms with Crippen LogP contribution in [0.3, 0.4) is 0 Å². The van der Waals surface area contributed by atoms with E-state index in [0.717, 1.165) is 13.6 Å². The Morgan fingerprint density at radius 2 is 2.04 bits per heavy atom. The Balaban J connectivity index is 1.90. The number of benzene rings is 2. The molecule has 128 valence electrons. The summed E-state index contributed by atoms with van der Waals surface area (Å²) in [4.78, 5) is 19.0. The first kappa shape index (κ1) is 18.3. The van der Waals surface area contributed by atoms with Crippen LogP contribution in [0.5, 0.6) is 0 Å². The highest BCUT2D eigenvalue weighted by Gasteiger charge is 2.12. The van der Waals surface area contributed by atoms with Gasteiger partial charge in [0.1, 0.15) is 11.6 Å². The fraction of sp³-hybridized carbons (Fsp3) is 0. The van der Waals surface area contributed by atoms with Gasteiger partial charge in [0, 0.05) is 13.6 Å².